The van der Waals surface area contributed by atoms with Crippen molar-refractivity contribution in [2.75, 3.05) is 0 Å². The Kier molecular flexibility index (Phi) is 3.32. The molecule has 4 heteroatoms. The number of rotatable bonds is 2. The number of hydrogen-bond donors (Lipinski definition) is 2. The van der Waals surface area contributed by atoms with Gasteiger partial charge in [0, 0.05) is 10.3 Å². The lowest BCUT2D eigenvalue weighted by atomic mass is 9.70. The van der Waals surface area contributed by atoms with Crippen LogP contribution in [0, 0.1) is 0 Å². The van der Waals surface area contributed by atoms with Gasteiger partial charge in [-0.15, -0.1) is 0 Å². The zero-order valence-corrected chi connectivity index (χ0v) is 8.32. The minimum atomic E-state index is -1.29. The van der Waals surface area contributed by atoms with Gasteiger partial charge in [0.15, 0.2) is 0 Å². The van der Waals surface area contributed by atoms with Gasteiger partial charge in [0.05, 0.1) is 0 Å². The van der Waals surface area contributed by atoms with Gasteiger partial charge >= 0.3 is 7.12 Å². The molecule has 1 atom stereocenters. The molecule has 0 aromatic heterocycles. The maximum atomic E-state index is 8.89. The van der Waals surface area contributed by atoms with E-state index in [2.05, 4.69) is 15.9 Å². The molecule has 0 radical (unpaired) electrons. The summed E-state index contributed by atoms with van der Waals surface area (Å²) in [5.41, 5.74) is 0.924. The van der Waals surface area contributed by atoms with Crippen molar-refractivity contribution in [3.8, 4) is 0 Å². The van der Waals surface area contributed by atoms with Gasteiger partial charge in [-0.05, 0) is 17.7 Å². The lowest BCUT2D eigenvalue weighted by Gasteiger charge is -2.09. The quantitative estimate of drug-likeness (QED) is 0.755. The molecule has 2 nitrogen and oxygen atoms in total. The minimum Gasteiger partial charge on any atom is -0.427 e. The summed E-state index contributed by atoms with van der Waals surface area (Å²) in [4.78, 5) is 0. The Labute approximate surface area is 80.5 Å². The highest BCUT2D eigenvalue weighted by Gasteiger charge is 2.19. The first-order chi connectivity index (χ1) is 5.61. The van der Waals surface area contributed by atoms with Crippen molar-refractivity contribution in [2.24, 2.45) is 0 Å². The molecule has 0 bridgehead atoms. The summed E-state index contributed by atoms with van der Waals surface area (Å²) in [5, 5.41) is 17.8. The predicted octanol–water partition coefficient (Wildman–Crippen LogP) is 1.56. The minimum absolute atomic E-state index is 0.238. The molecule has 0 amide bonds. The molecule has 1 rings (SSSR count). The third kappa shape index (κ3) is 2.34. The van der Waals surface area contributed by atoms with Gasteiger partial charge in [0.25, 0.3) is 0 Å². The lowest BCUT2D eigenvalue weighted by Crippen LogP contribution is -2.20. The van der Waals surface area contributed by atoms with Crippen molar-refractivity contribution in [1.82, 2.24) is 0 Å². The van der Waals surface area contributed by atoms with E-state index >= 15 is 0 Å². The molecule has 0 aliphatic rings. The maximum absolute atomic E-state index is 8.89. The molecule has 1 unspecified atom stereocenters. The van der Waals surface area contributed by atoms with E-state index in [-0.39, 0.29) is 5.82 Å². The molecule has 0 aliphatic heterocycles. The molecule has 0 saturated heterocycles. The SMILES string of the molecule is CC(B(O)O)c1ccc(Br)cc1. The first-order valence-electron chi connectivity index (χ1n) is 3.73. The highest BCUT2D eigenvalue weighted by molar-refractivity contribution is 9.10. The Bertz CT molecular complexity index is 248. The van der Waals surface area contributed by atoms with Gasteiger partial charge in [-0.3, -0.25) is 0 Å². The van der Waals surface area contributed by atoms with Crippen molar-refractivity contribution in [2.45, 2.75) is 12.7 Å². The fraction of sp³-hybridized carbons (Fsp3) is 0.250. The smallest absolute Gasteiger partial charge is 0.427 e. The van der Waals surface area contributed by atoms with Gasteiger partial charge in [-0.25, -0.2) is 0 Å². The van der Waals surface area contributed by atoms with E-state index in [0.29, 0.717) is 0 Å². The van der Waals surface area contributed by atoms with E-state index in [4.69, 9.17) is 10.0 Å². The molecule has 0 saturated carbocycles. The number of hydrogen-bond acceptors (Lipinski definition) is 2. The highest BCUT2D eigenvalue weighted by atomic mass is 79.9. The third-order valence-corrected chi connectivity index (χ3v) is 2.37. The molecule has 2 N–H and O–H groups in total. The molecule has 12 heavy (non-hydrogen) atoms. The largest absolute Gasteiger partial charge is 0.459 e. The van der Waals surface area contributed by atoms with E-state index in [1.54, 1.807) is 6.92 Å². The Morgan fingerprint density at radius 3 is 2.17 bits per heavy atom. The summed E-state index contributed by atoms with van der Waals surface area (Å²) in [7, 11) is -1.29. The van der Waals surface area contributed by atoms with Crippen LogP contribution < -0.4 is 0 Å². The standard InChI is InChI=1S/C8H10BBrO2/c1-6(9(11)12)7-2-4-8(10)5-3-7/h2-6,11-12H,1H3. The predicted molar refractivity (Wildman–Crippen MR) is 52.7 cm³/mol. The van der Waals surface area contributed by atoms with Crippen LogP contribution >= 0.6 is 15.9 Å². The Hall–Kier alpha value is -0.315. The zero-order valence-electron chi connectivity index (χ0n) is 6.74. The molecule has 0 aliphatic carbocycles. The maximum Gasteiger partial charge on any atom is 0.459 e. The molecular formula is C8H10BBrO2. The third-order valence-electron chi connectivity index (χ3n) is 1.84. The Balaban J connectivity index is 2.82. The lowest BCUT2D eigenvalue weighted by molar-refractivity contribution is 0.392. The second kappa shape index (κ2) is 4.07. The van der Waals surface area contributed by atoms with Gasteiger partial charge in [-0.1, -0.05) is 35.0 Å². The van der Waals surface area contributed by atoms with Crippen LogP contribution in [0.5, 0.6) is 0 Å². The fourth-order valence-electron chi connectivity index (χ4n) is 0.938. The summed E-state index contributed by atoms with van der Waals surface area (Å²) in [6.45, 7) is 1.77. The molecule has 1 aromatic rings. The first-order valence-corrected chi connectivity index (χ1v) is 4.52. The van der Waals surface area contributed by atoms with Crippen LogP contribution in [-0.4, -0.2) is 17.2 Å². The van der Waals surface area contributed by atoms with E-state index in [0.717, 1.165) is 10.0 Å². The van der Waals surface area contributed by atoms with Gasteiger partial charge < -0.3 is 10.0 Å². The van der Waals surface area contributed by atoms with Crippen LogP contribution in [0.2, 0.25) is 0 Å². The van der Waals surface area contributed by atoms with Crippen molar-refractivity contribution < 1.29 is 10.0 Å². The summed E-state index contributed by atoms with van der Waals surface area (Å²) < 4.78 is 0.992. The Morgan fingerprint density at radius 2 is 1.75 bits per heavy atom. The molecule has 0 fully saturated rings. The summed E-state index contributed by atoms with van der Waals surface area (Å²) in [5.74, 6) is -0.238. The molecule has 0 heterocycles. The van der Waals surface area contributed by atoms with E-state index < -0.39 is 7.12 Å². The zero-order chi connectivity index (χ0) is 9.14. The van der Waals surface area contributed by atoms with Crippen molar-refractivity contribution in [3.63, 3.8) is 0 Å². The van der Waals surface area contributed by atoms with Crippen LogP contribution in [0.1, 0.15) is 18.3 Å². The monoisotopic (exact) mass is 228 g/mol. The number of halogens is 1. The number of benzene rings is 1. The van der Waals surface area contributed by atoms with Crippen molar-refractivity contribution in [1.29, 1.82) is 0 Å². The average Bonchev–Trinajstić information content (AvgIpc) is 2.04. The normalized spacial score (nSPS) is 12.7. The van der Waals surface area contributed by atoms with Crippen LogP contribution in [0.3, 0.4) is 0 Å². The first kappa shape index (κ1) is 9.77. The van der Waals surface area contributed by atoms with Crippen molar-refractivity contribution >= 4 is 23.0 Å². The van der Waals surface area contributed by atoms with Crippen LogP contribution in [0.25, 0.3) is 0 Å². The Morgan fingerprint density at radius 1 is 1.25 bits per heavy atom. The van der Waals surface area contributed by atoms with E-state index in [9.17, 15) is 0 Å². The molecule has 64 valence electrons. The second-order valence-corrected chi connectivity index (χ2v) is 3.67. The van der Waals surface area contributed by atoms with Gasteiger partial charge in [0.2, 0.25) is 0 Å². The summed E-state index contributed by atoms with van der Waals surface area (Å²) in [6, 6.07) is 7.50. The molecule has 0 spiro atoms. The molecule has 1 aromatic carbocycles. The second-order valence-electron chi connectivity index (χ2n) is 2.75. The van der Waals surface area contributed by atoms with E-state index in [1.165, 1.54) is 0 Å². The highest BCUT2D eigenvalue weighted by Crippen LogP contribution is 2.18. The van der Waals surface area contributed by atoms with Gasteiger partial charge in [0.1, 0.15) is 0 Å². The fourth-order valence-corrected chi connectivity index (χ4v) is 1.20. The van der Waals surface area contributed by atoms with Crippen LogP contribution in [-0.2, 0) is 0 Å². The summed E-state index contributed by atoms with van der Waals surface area (Å²) >= 11 is 3.31. The summed E-state index contributed by atoms with van der Waals surface area (Å²) in [6.07, 6.45) is 0. The van der Waals surface area contributed by atoms with Crippen molar-refractivity contribution in [3.05, 3.63) is 34.3 Å². The van der Waals surface area contributed by atoms with Crippen LogP contribution in [0.4, 0.5) is 0 Å². The van der Waals surface area contributed by atoms with E-state index in [1.807, 2.05) is 24.3 Å². The molecular weight excluding hydrogens is 219 g/mol. The topological polar surface area (TPSA) is 40.5 Å². The van der Waals surface area contributed by atoms with Crippen LogP contribution in [0.15, 0.2) is 28.7 Å². The van der Waals surface area contributed by atoms with Gasteiger partial charge in [-0.2, -0.15) is 0 Å². The average molecular weight is 229 g/mol.